The number of aliphatic hydroxyl groups is 1. The normalized spacial score (nSPS) is 22.3. The van der Waals surface area contributed by atoms with Gasteiger partial charge < -0.3 is 64.7 Å². The summed E-state index contributed by atoms with van der Waals surface area (Å²) in [5.74, 6) is -11.9. The number of hydrogen-bond acceptors (Lipinski definition) is 16. The number of nitrogens with zero attached hydrogens (tertiary/aromatic N) is 9. The second kappa shape index (κ2) is 49.7. The van der Waals surface area contributed by atoms with Crippen LogP contribution in [0.3, 0.4) is 0 Å². The van der Waals surface area contributed by atoms with Crippen molar-refractivity contribution in [3.63, 3.8) is 0 Å². The van der Waals surface area contributed by atoms with E-state index in [4.69, 9.17) is 4.42 Å². The second-order valence-electron chi connectivity index (χ2n) is 39.3. The highest BCUT2D eigenvalue weighted by atomic mass is 16.3. The Bertz CT molecular complexity index is 4790. The maximum Gasteiger partial charge on any atom is 0.251 e. The summed E-state index contributed by atoms with van der Waals surface area (Å²) < 4.78 is 8.55. The van der Waals surface area contributed by atoms with Gasteiger partial charge in [0.2, 0.25) is 52.6 Å². The summed E-state index contributed by atoms with van der Waals surface area (Å²) in [7, 11) is 18.2. The highest BCUT2D eigenvalue weighted by Gasteiger charge is 2.47. The number of nitrogens with one attached hydrogen (secondary N) is 3. The van der Waals surface area contributed by atoms with E-state index in [-0.39, 0.29) is 93.3 Å². The molecular weight excluding hydrogens is 1650 g/mol. The van der Waals surface area contributed by atoms with E-state index in [1.165, 1.54) is 85.7 Å². The first-order chi connectivity index (χ1) is 61.0. The van der Waals surface area contributed by atoms with E-state index < -0.39 is 161 Å². The highest BCUT2D eigenvalue weighted by molar-refractivity contribution is 6.05. The summed E-state index contributed by atoms with van der Waals surface area (Å²) in [5, 5.41) is 23.4. The number of benzene rings is 4. The maximum atomic E-state index is 16.0. The predicted molar refractivity (Wildman–Crippen MR) is 514 cm³/mol. The Hall–Kier alpha value is -10.4. The number of carbonyl (C=O) groups is 13. The molecule has 2 heterocycles. The van der Waals surface area contributed by atoms with Gasteiger partial charge in [0.15, 0.2) is 17.3 Å². The molecule has 1 unspecified atom stereocenters. The maximum absolute atomic E-state index is 16.0. The van der Waals surface area contributed by atoms with E-state index in [9.17, 15) is 29.1 Å². The molecule has 3 aromatic rings. The molecule has 0 bridgehead atoms. The zero-order valence-corrected chi connectivity index (χ0v) is 83.2. The summed E-state index contributed by atoms with van der Waals surface area (Å²) in [6, 6.07) is 16.6. The molecule has 1 aliphatic carbocycles. The van der Waals surface area contributed by atoms with Crippen LogP contribution in [0.15, 0.2) is 101 Å². The number of anilines is 1. The molecule has 3 aliphatic rings. The molecule has 716 valence electrons. The molecule has 1 saturated heterocycles. The Morgan fingerprint density at radius 3 is 1.48 bits per heavy atom. The fraction of sp³-hybridized carbons (Fsp3) is 0.612. The Kier molecular flexibility index (Phi) is 41.4. The number of rotatable bonds is 28. The quantitative estimate of drug-likeness (QED) is 0.0156. The van der Waals surface area contributed by atoms with E-state index in [0.29, 0.717) is 42.6 Å². The average Bonchev–Trinajstić information content (AvgIpc) is 0.747. The lowest BCUT2D eigenvalue weighted by Crippen LogP contribution is -2.61. The van der Waals surface area contributed by atoms with Crippen molar-refractivity contribution in [3.05, 3.63) is 119 Å². The summed E-state index contributed by atoms with van der Waals surface area (Å²) in [5.41, 5.74) is 6.06. The number of allylic oxidation sites excluding steroid dienone is 2. The first-order valence-electron chi connectivity index (χ1n) is 47.0. The SMILES string of the molecule is C/C=C/C[C@@H](C)[C@@H](O)[C@H]1C(=O)C[C@@H](CC)C(=O)N(C)C(Cc2ccc(C(=O)NCCCCCCNC(=O)c3ccc(-c4c5ccc(=[N+](C)C)cc-5oc5cc(N(C)C)ccc45)cc3)cc2)C(=O)N(C)[C@@H](CC(C)C)C(=O)C[C@@H](C(C)C)C(=O)N(C)[C@@H](CC(C)C)C(=O)C[C@@H](C)C(=O)N[C@H](C)C(=O)N(C)[C@@H](CC(C)C)C(=O)N(C)[C@@H](CC(C)C)C(=O)N(C)[C@@H](C(C)C)C(=O)N1C. The standard InChI is InChI=1S/C103H154N12O15/c1-29-31-36-67(15)93(119)92-87(118)57-71(30-2)98(124)112(25)84(56-70-37-39-73(40-38-70)95(121)104-49-34-32-33-35-50-105-96(122)74-43-41-72(42-44-74)90-77-47-45-75(107(18)19)58-88(77)130-89-59-76(108(20)21)46-48-78(89)90)101(127)110(23)81(52-62(5)6)86(117)60-79(65(11)12)99(125)109(22)80(51-61(3)4)85(116)55-68(16)94(120)106-69(17)97(123)111(24)82(53-63(7)8)100(126)113(26)83(54-64(9)10)102(128)114(27)91(66(13)14)103(129)115(92)28/h29,31,37-48,58-59,61-69,71,79-84,91-93,119H,30,32-36,49-57,60H2,1-28H3,(H2-,104,105,106,120,121,122)/p+1/b31-29+/t67-,68-,69-,71-,79+,80+,81+,82+,83+,84?,91+,92-,93-/m1/s1. The minimum atomic E-state index is -1.59. The third-order valence-electron chi connectivity index (χ3n) is 25.8. The van der Waals surface area contributed by atoms with Crippen LogP contribution in [0.5, 0.6) is 0 Å². The van der Waals surface area contributed by atoms with Crippen molar-refractivity contribution >= 4 is 93.1 Å². The van der Waals surface area contributed by atoms with Crippen LogP contribution in [0, 0.1) is 59.2 Å². The summed E-state index contributed by atoms with van der Waals surface area (Å²) in [6.07, 6.45) is 4.65. The molecular formula is C103H155N12O15+. The molecule has 6 rings (SSSR count). The molecule has 0 spiro atoms. The summed E-state index contributed by atoms with van der Waals surface area (Å²) >= 11 is 0. The van der Waals surface area contributed by atoms with E-state index in [2.05, 4.69) is 40.2 Å². The van der Waals surface area contributed by atoms with Crippen LogP contribution in [0.2, 0.25) is 0 Å². The molecule has 4 N–H and O–H groups in total. The lowest BCUT2D eigenvalue weighted by Gasteiger charge is -2.41. The number of fused-ring (bicyclic) bond motifs is 2. The number of aliphatic hydroxyl groups excluding tert-OH is 1. The van der Waals surface area contributed by atoms with Crippen molar-refractivity contribution in [2.75, 3.05) is 95.5 Å². The van der Waals surface area contributed by atoms with Crippen LogP contribution in [0.25, 0.3) is 33.4 Å². The molecule has 27 nitrogen and oxygen atoms in total. The number of amides is 10. The average molecular weight is 1800 g/mol. The minimum Gasteiger partial charge on any atom is -0.456 e. The Morgan fingerprint density at radius 2 is 0.992 bits per heavy atom. The zero-order valence-electron chi connectivity index (χ0n) is 83.2. The molecule has 3 aromatic carbocycles. The Labute approximate surface area is 774 Å². The lowest BCUT2D eigenvalue weighted by molar-refractivity contribution is -0.157. The number of Topliss-reactive ketones (excluding diaryl/α,β-unsaturated/α-hetero) is 3. The van der Waals surface area contributed by atoms with Crippen molar-refractivity contribution in [1.29, 1.82) is 0 Å². The van der Waals surface area contributed by atoms with Crippen LogP contribution < -0.4 is 30.8 Å². The van der Waals surface area contributed by atoms with Gasteiger partial charge in [0.1, 0.15) is 61.7 Å². The van der Waals surface area contributed by atoms with Gasteiger partial charge in [0.25, 0.3) is 11.8 Å². The zero-order chi connectivity index (χ0) is 97.5. The molecule has 130 heavy (non-hydrogen) atoms. The third-order valence-corrected chi connectivity index (χ3v) is 25.8. The molecule has 0 radical (unpaired) electrons. The predicted octanol–water partition coefficient (Wildman–Crippen LogP) is 12.5. The fourth-order valence-corrected chi connectivity index (χ4v) is 17.6. The van der Waals surface area contributed by atoms with Gasteiger partial charge in [-0.25, -0.2) is 4.58 Å². The summed E-state index contributed by atoms with van der Waals surface area (Å²) in [4.78, 5) is 206. The molecule has 13 atom stereocenters. The van der Waals surface area contributed by atoms with Crippen molar-refractivity contribution in [2.45, 2.75) is 262 Å². The number of likely N-dealkylation sites (N-methyl/N-ethyl adjacent to an activating group) is 7. The van der Waals surface area contributed by atoms with Gasteiger partial charge in [0, 0.05) is 165 Å². The first kappa shape index (κ1) is 108. The van der Waals surface area contributed by atoms with E-state index in [1.54, 1.807) is 78.8 Å². The van der Waals surface area contributed by atoms with Gasteiger partial charge in [-0.15, -0.1) is 0 Å². The van der Waals surface area contributed by atoms with Crippen LogP contribution in [0.4, 0.5) is 5.69 Å². The summed E-state index contributed by atoms with van der Waals surface area (Å²) in [6.45, 7) is 31.3. The number of unbranched alkanes of at least 4 members (excludes halogenated alkanes) is 3. The largest absolute Gasteiger partial charge is 0.456 e. The van der Waals surface area contributed by atoms with Crippen molar-refractivity contribution in [1.82, 2.24) is 54.8 Å². The van der Waals surface area contributed by atoms with Crippen LogP contribution >= 0.6 is 0 Å². The molecule has 1 fully saturated rings. The molecule has 27 heteroatoms. The Balaban J connectivity index is 1.32. The highest BCUT2D eigenvalue weighted by Crippen LogP contribution is 2.42. The number of carbonyl (C=O) groups excluding carboxylic acids is 13. The van der Waals surface area contributed by atoms with Gasteiger partial charge in [-0.2, -0.15) is 0 Å². The van der Waals surface area contributed by atoms with Crippen molar-refractivity contribution < 1.29 is 71.9 Å². The number of hydrogen-bond donors (Lipinski definition) is 4. The van der Waals surface area contributed by atoms with Crippen molar-refractivity contribution in [3.8, 4) is 22.5 Å². The van der Waals surface area contributed by atoms with Gasteiger partial charge in [-0.05, 0) is 160 Å². The van der Waals surface area contributed by atoms with E-state index >= 15 is 38.4 Å². The van der Waals surface area contributed by atoms with Gasteiger partial charge >= 0.3 is 0 Å². The van der Waals surface area contributed by atoms with Crippen LogP contribution in [0.1, 0.15) is 227 Å². The van der Waals surface area contributed by atoms with Crippen molar-refractivity contribution in [2.24, 2.45) is 59.2 Å². The first-order valence-corrected chi connectivity index (χ1v) is 47.0. The van der Waals surface area contributed by atoms with E-state index in [1.807, 2.05) is 142 Å². The second-order valence-corrected chi connectivity index (χ2v) is 39.3. The lowest BCUT2D eigenvalue weighted by atomic mass is 9.84. The van der Waals surface area contributed by atoms with Gasteiger partial charge in [-0.3, -0.25) is 62.3 Å². The van der Waals surface area contributed by atoms with E-state index in [0.717, 1.165) is 62.2 Å². The van der Waals surface area contributed by atoms with Crippen LogP contribution in [-0.4, -0.2) is 261 Å². The molecule has 0 saturated carbocycles. The molecule has 2 aliphatic heterocycles. The topological polar surface area (TPSA) is 320 Å². The van der Waals surface area contributed by atoms with Gasteiger partial charge in [0.05, 0.1) is 24.3 Å². The minimum absolute atomic E-state index is 0.0434. The third kappa shape index (κ3) is 28.5. The monoisotopic (exact) mass is 1800 g/mol. The van der Waals surface area contributed by atoms with Gasteiger partial charge in [-0.1, -0.05) is 153 Å². The van der Waals surface area contributed by atoms with Crippen LogP contribution in [-0.2, 0) is 59.2 Å². The number of ketones is 3. The molecule has 0 aromatic heterocycles. The smallest absolute Gasteiger partial charge is 0.251 e. The molecule has 10 amide bonds. The Morgan fingerprint density at radius 1 is 0.523 bits per heavy atom. The fourth-order valence-electron chi connectivity index (χ4n) is 17.6.